The summed E-state index contributed by atoms with van der Waals surface area (Å²) in [5.41, 5.74) is 4.29. The third-order valence-corrected chi connectivity index (χ3v) is 7.81. The van der Waals surface area contributed by atoms with E-state index in [9.17, 15) is 9.90 Å². The number of Topliss-reactive ketones (excluding diaryl/α,β-unsaturated/α-hetero) is 1. The van der Waals surface area contributed by atoms with Crippen LogP contribution >= 0.6 is 0 Å². The highest BCUT2D eigenvalue weighted by atomic mass is 16.5. The number of aromatic hydroxyl groups is 1. The van der Waals surface area contributed by atoms with Crippen LogP contribution in [0.2, 0.25) is 0 Å². The third-order valence-electron chi connectivity index (χ3n) is 7.81. The summed E-state index contributed by atoms with van der Waals surface area (Å²) >= 11 is 0. The van der Waals surface area contributed by atoms with Crippen LogP contribution in [0.25, 0.3) is 11.1 Å². The summed E-state index contributed by atoms with van der Waals surface area (Å²) in [6.07, 6.45) is 14.9. The molecule has 0 saturated heterocycles. The molecule has 1 aliphatic rings. The van der Waals surface area contributed by atoms with Crippen LogP contribution in [0, 0.1) is 0 Å². The highest BCUT2D eigenvalue weighted by Crippen LogP contribution is 2.34. The predicted octanol–water partition coefficient (Wildman–Crippen LogP) is 10.5. The van der Waals surface area contributed by atoms with E-state index in [0.717, 1.165) is 37.4 Å². The van der Waals surface area contributed by atoms with E-state index in [1.165, 1.54) is 81.0 Å². The molecule has 0 bridgehead atoms. The molecule has 1 aliphatic carbocycles. The average molecular weight is 559 g/mol. The van der Waals surface area contributed by atoms with Crippen molar-refractivity contribution in [3.63, 3.8) is 0 Å². The first-order chi connectivity index (χ1) is 20.0. The van der Waals surface area contributed by atoms with Crippen LogP contribution in [0.3, 0.4) is 0 Å². The number of rotatable bonds is 14. The van der Waals surface area contributed by atoms with Gasteiger partial charge in [-0.3, -0.25) is 4.79 Å². The number of phenols is 1. The molecule has 0 aliphatic heterocycles. The highest BCUT2D eigenvalue weighted by Gasteiger charge is 2.15. The second-order valence-corrected chi connectivity index (χ2v) is 11.2. The zero-order valence-electron chi connectivity index (χ0n) is 25.5. The summed E-state index contributed by atoms with van der Waals surface area (Å²) in [5, 5.41) is 9.87. The Hall–Kier alpha value is -3.27. The van der Waals surface area contributed by atoms with Crippen LogP contribution in [0.15, 0.2) is 66.7 Å². The van der Waals surface area contributed by atoms with Gasteiger partial charge in [-0.25, -0.2) is 0 Å². The lowest BCUT2D eigenvalue weighted by Crippen LogP contribution is -2.04. The minimum absolute atomic E-state index is 0.0299. The van der Waals surface area contributed by atoms with Crippen LogP contribution < -0.4 is 9.47 Å². The first-order valence-corrected chi connectivity index (χ1v) is 15.8. The van der Waals surface area contributed by atoms with Gasteiger partial charge in [0.25, 0.3) is 0 Å². The Morgan fingerprint density at radius 2 is 1.24 bits per heavy atom. The number of hydrogen-bond acceptors (Lipinski definition) is 4. The van der Waals surface area contributed by atoms with Gasteiger partial charge < -0.3 is 14.6 Å². The second kappa shape index (κ2) is 18.2. The molecule has 1 N–H and O–H groups in total. The maximum Gasteiger partial charge on any atom is 0.163 e. The van der Waals surface area contributed by atoms with Crippen LogP contribution in [0.1, 0.15) is 120 Å². The van der Waals surface area contributed by atoms with Gasteiger partial charge in [0.15, 0.2) is 5.78 Å². The Balaban J connectivity index is 0.000000850. The van der Waals surface area contributed by atoms with Gasteiger partial charge in [0.1, 0.15) is 17.2 Å². The van der Waals surface area contributed by atoms with Crippen molar-refractivity contribution >= 4 is 5.78 Å². The van der Waals surface area contributed by atoms with Gasteiger partial charge in [0, 0.05) is 6.07 Å². The van der Waals surface area contributed by atoms with Crippen molar-refractivity contribution in [2.75, 3.05) is 13.2 Å². The first kappa shape index (κ1) is 32.2. The van der Waals surface area contributed by atoms with E-state index in [-0.39, 0.29) is 11.5 Å². The van der Waals surface area contributed by atoms with Crippen molar-refractivity contribution in [3.8, 4) is 28.4 Å². The van der Waals surface area contributed by atoms with Crippen LogP contribution in [-0.4, -0.2) is 24.1 Å². The molecule has 4 rings (SSSR count). The fraction of sp³-hybridized carbons (Fsp3) is 0.486. The minimum Gasteiger partial charge on any atom is -0.507 e. The molecule has 0 unspecified atom stereocenters. The number of carbonyl (C=O) groups is 1. The number of benzene rings is 3. The summed E-state index contributed by atoms with van der Waals surface area (Å²) < 4.78 is 11.6. The van der Waals surface area contributed by atoms with Crippen LogP contribution in [0.5, 0.6) is 17.2 Å². The third kappa shape index (κ3) is 11.3. The van der Waals surface area contributed by atoms with E-state index >= 15 is 0 Å². The van der Waals surface area contributed by atoms with Gasteiger partial charge in [-0.05, 0) is 92.3 Å². The van der Waals surface area contributed by atoms with E-state index in [0.29, 0.717) is 24.5 Å². The molecular weight excluding hydrogens is 508 g/mol. The van der Waals surface area contributed by atoms with Crippen molar-refractivity contribution in [2.24, 2.45) is 0 Å². The molecule has 222 valence electrons. The molecule has 0 radical (unpaired) electrons. The smallest absolute Gasteiger partial charge is 0.163 e. The summed E-state index contributed by atoms with van der Waals surface area (Å²) in [4.78, 5) is 11.4. The summed E-state index contributed by atoms with van der Waals surface area (Å²) in [6.45, 7) is 7.15. The van der Waals surface area contributed by atoms with Crippen molar-refractivity contribution in [1.82, 2.24) is 0 Å². The summed E-state index contributed by atoms with van der Waals surface area (Å²) in [6, 6.07) is 22.4. The number of unbranched alkanes of at least 4 members (excludes halogenated alkanes) is 5. The standard InChI is InChI=1S/C32H38O4.C5H12/c1-24(33)31-20-19-30(23-32(31)34)36-22-8-3-2-7-21-35-29-17-15-28(16-18-29)27-13-11-26(12-14-27)25-9-5-4-6-10-25;1-3-5-4-2/h11-20,23,25,34H,2-10,21-22H2,1H3;3-5H2,1-2H3. The molecular formula is C37H50O4. The number of carbonyl (C=O) groups excluding carboxylic acids is 1. The van der Waals surface area contributed by atoms with Gasteiger partial charge in [-0.2, -0.15) is 0 Å². The van der Waals surface area contributed by atoms with Crippen molar-refractivity contribution in [3.05, 3.63) is 77.9 Å². The molecule has 4 heteroatoms. The molecule has 1 saturated carbocycles. The molecule has 1 fully saturated rings. The van der Waals surface area contributed by atoms with E-state index in [1.54, 1.807) is 12.1 Å². The summed E-state index contributed by atoms with van der Waals surface area (Å²) in [5.74, 6) is 2.06. The number of phenolic OH excluding ortho intramolecular Hbond substituents is 1. The molecule has 41 heavy (non-hydrogen) atoms. The number of ketones is 1. The molecule has 3 aromatic carbocycles. The largest absolute Gasteiger partial charge is 0.507 e. The summed E-state index contributed by atoms with van der Waals surface area (Å²) in [7, 11) is 0. The molecule has 0 heterocycles. The Morgan fingerprint density at radius 3 is 1.76 bits per heavy atom. The Kier molecular flexibility index (Phi) is 14.3. The zero-order valence-corrected chi connectivity index (χ0v) is 25.5. The number of hydrogen-bond donors (Lipinski definition) is 1. The van der Waals surface area contributed by atoms with E-state index in [2.05, 4.69) is 62.4 Å². The molecule has 4 nitrogen and oxygen atoms in total. The topological polar surface area (TPSA) is 55.8 Å². The fourth-order valence-corrected chi connectivity index (χ4v) is 5.32. The lowest BCUT2D eigenvalue weighted by atomic mass is 9.84. The van der Waals surface area contributed by atoms with Gasteiger partial charge in [-0.15, -0.1) is 0 Å². The Labute approximate surface area is 248 Å². The Bertz CT molecular complexity index is 1140. The molecule has 0 atom stereocenters. The lowest BCUT2D eigenvalue weighted by molar-refractivity contribution is 0.101. The van der Waals surface area contributed by atoms with Gasteiger partial charge in [0.2, 0.25) is 0 Å². The monoisotopic (exact) mass is 558 g/mol. The van der Waals surface area contributed by atoms with Gasteiger partial charge in [0.05, 0.1) is 18.8 Å². The fourth-order valence-electron chi connectivity index (χ4n) is 5.32. The maximum absolute atomic E-state index is 11.4. The van der Waals surface area contributed by atoms with E-state index < -0.39 is 0 Å². The highest BCUT2D eigenvalue weighted by molar-refractivity contribution is 5.96. The number of ether oxygens (including phenoxy) is 2. The molecule has 0 amide bonds. The average Bonchev–Trinajstić information content (AvgIpc) is 3.00. The van der Waals surface area contributed by atoms with Gasteiger partial charge in [-0.1, -0.05) is 88.8 Å². The Morgan fingerprint density at radius 1 is 0.707 bits per heavy atom. The SMILES string of the molecule is CC(=O)c1ccc(OCCCCCCOc2ccc(-c3ccc(C4CCCCC4)cc3)cc2)cc1O.CCCCC. The first-order valence-electron chi connectivity index (χ1n) is 15.8. The minimum atomic E-state index is -0.156. The quantitative estimate of drug-likeness (QED) is 0.158. The lowest BCUT2D eigenvalue weighted by Gasteiger charge is -2.22. The van der Waals surface area contributed by atoms with Gasteiger partial charge >= 0.3 is 0 Å². The second-order valence-electron chi connectivity index (χ2n) is 11.2. The van der Waals surface area contributed by atoms with Crippen molar-refractivity contribution < 1.29 is 19.4 Å². The van der Waals surface area contributed by atoms with E-state index in [4.69, 9.17) is 9.47 Å². The molecule has 3 aromatic rings. The molecule has 0 aromatic heterocycles. The predicted molar refractivity (Wildman–Crippen MR) is 170 cm³/mol. The van der Waals surface area contributed by atoms with Crippen LogP contribution in [-0.2, 0) is 0 Å². The zero-order chi connectivity index (χ0) is 29.3. The normalized spacial score (nSPS) is 13.2. The van der Waals surface area contributed by atoms with Crippen molar-refractivity contribution in [1.29, 1.82) is 0 Å². The van der Waals surface area contributed by atoms with Crippen molar-refractivity contribution in [2.45, 2.75) is 104 Å². The maximum atomic E-state index is 11.4. The molecule has 0 spiro atoms. The van der Waals surface area contributed by atoms with Crippen LogP contribution in [0.4, 0.5) is 0 Å². The van der Waals surface area contributed by atoms with E-state index in [1.807, 2.05) is 0 Å².